The Kier molecular flexibility index (Phi) is 5.04. The van der Waals surface area contributed by atoms with E-state index in [0.29, 0.717) is 12.3 Å². The lowest BCUT2D eigenvalue weighted by atomic mass is 10.1. The molecule has 0 unspecified atom stereocenters. The summed E-state index contributed by atoms with van der Waals surface area (Å²) in [6, 6.07) is 7.68. The van der Waals surface area contributed by atoms with Crippen molar-refractivity contribution < 1.29 is 4.79 Å². The Morgan fingerprint density at radius 1 is 1.32 bits per heavy atom. The highest BCUT2D eigenvalue weighted by Crippen LogP contribution is 2.17. The highest BCUT2D eigenvalue weighted by Gasteiger charge is 2.07. The van der Waals surface area contributed by atoms with Gasteiger partial charge in [-0.15, -0.1) is 0 Å². The maximum Gasteiger partial charge on any atom is 0.253 e. The van der Waals surface area contributed by atoms with Crippen molar-refractivity contribution >= 4 is 28.7 Å². The minimum Gasteiger partial charge on any atom is -0.369 e. The third kappa shape index (κ3) is 4.25. The largest absolute Gasteiger partial charge is 0.369 e. The molecule has 2 rings (SSSR count). The first kappa shape index (κ1) is 15.9. The lowest BCUT2D eigenvalue weighted by Gasteiger charge is -2.06. The molecule has 0 fully saturated rings. The van der Waals surface area contributed by atoms with Crippen LogP contribution in [0.3, 0.4) is 0 Å². The Morgan fingerprint density at radius 2 is 2.05 bits per heavy atom. The molecule has 1 aromatic heterocycles. The van der Waals surface area contributed by atoms with Gasteiger partial charge in [0, 0.05) is 11.8 Å². The molecule has 0 atom stereocenters. The number of nitrogens with one attached hydrogen (secondary N) is 1. The molecular formula is C16H21N5O. The number of aryl methyl sites for hydroxylation is 1. The maximum atomic E-state index is 11.7. The summed E-state index contributed by atoms with van der Waals surface area (Å²) in [7, 11) is 0. The average molecular weight is 299 g/mol. The number of benzene rings is 1. The van der Waals surface area contributed by atoms with Crippen LogP contribution < -0.4 is 11.1 Å². The lowest BCUT2D eigenvalue weighted by Crippen LogP contribution is -2.36. The van der Waals surface area contributed by atoms with E-state index in [1.165, 1.54) is 0 Å². The molecule has 0 bridgehead atoms. The number of guanidine groups is 1. The van der Waals surface area contributed by atoms with Crippen molar-refractivity contribution in [1.29, 1.82) is 0 Å². The van der Waals surface area contributed by atoms with Crippen LogP contribution in [-0.2, 0) is 4.79 Å². The fraction of sp³-hybridized carbons (Fsp3) is 0.375. The zero-order chi connectivity index (χ0) is 16.1. The number of para-hydroxylation sites is 1. The molecule has 1 heterocycles. The molecule has 6 nitrogen and oxygen atoms in total. The van der Waals surface area contributed by atoms with Crippen LogP contribution >= 0.6 is 0 Å². The second-order valence-electron chi connectivity index (χ2n) is 5.60. The number of hydrogen-bond donors (Lipinski definition) is 2. The van der Waals surface area contributed by atoms with Crippen LogP contribution in [0.25, 0.3) is 10.9 Å². The molecule has 3 N–H and O–H groups in total. The number of amides is 1. The Morgan fingerprint density at radius 3 is 2.77 bits per heavy atom. The van der Waals surface area contributed by atoms with Crippen molar-refractivity contribution in [3.63, 3.8) is 0 Å². The van der Waals surface area contributed by atoms with Crippen molar-refractivity contribution in [3.05, 3.63) is 30.0 Å². The Bertz CT molecular complexity index is 709. The van der Waals surface area contributed by atoms with Gasteiger partial charge in [-0.3, -0.25) is 10.1 Å². The van der Waals surface area contributed by atoms with E-state index < -0.39 is 0 Å². The molecule has 0 aliphatic carbocycles. The number of rotatable bonds is 4. The first-order valence-corrected chi connectivity index (χ1v) is 7.33. The first-order valence-electron chi connectivity index (χ1n) is 7.33. The highest BCUT2D eigenvalue weighted by molar-refractivity contribution is 5.97. The van der Waals surface area contributed by atoms with Crippen LogP contribution in [0.4, 0.5) is 5.95 Å². The van der Waals surface area contributed by atoms with Gasteiger partial charge in [-0.05, 0) is 25.3 Å². The SMILES string of the molecule is Cc1nc(/N=C(\N)NC(=O)CCC(C)C)nc2ccccc12. The van der Waals surface area contributed by atoms with E-state index in [9.17, 15) is 4.79 Å². The third-order valence-electron chi connectivity index (χ3n) is 3.22. The number of nitrogens with two attached hydrogens (primary N) is 1. The van der Waals surface area contributed by atoms with Gasteiger partial charge in [0.15, 0.2) is 0 Å². The minimum atomic E-state index is -0.146. The number of carbonyl (C=O) groups excluding carboxylic acids is 1. The van der Waals surface area contributed by atoms with Gasteiger partial charge in [-0.2, -0.15) is 4.99 Å². The van der Waals surface area contributed by atoms with Crippen molar-refractivity contribution in [1.82, 2.24) is 15.3 Å². The fourth-order valence-corrected chi connectivity index (χ4v) is 2.03. The predicted octanol–water partition coefficient (Wildman–Crippen LogP) is 2.44. The molecule has 2 aromatic rings. The summed E-state index contributed by atoms with van der Waals surface area (Å²) in [4.78, 5) is 24.4. The molecule has 0 spiro atoms. The summed E-state index contributed by atoms with van der Waals surface area (Å²) in [6.07, 6.45) is 1.23. The smallest absolute Gasteiger partial charge is 0.253 e. The van der Waals surface area contributed by atoms with Crippen molar-refractivity contribution in [2.24, 2.45) is 16.6 Å². The topological polar surface area (TPSA) is 93.3 Å². The number of aliphatic imine (C=N–C) groups is 1. The molecule has 1 amide bonds. The Hall–Kier alpha value is -2.50. The van der Waals surface area contributed by atoms with Gasteiger partial charge in [-0.1, -0.05) is 32.0 Å². The zero-order valence-corrected chi connectivity index (χ0v) is 13.1. The molecule has 116 valence electrons. The number of carbonyl (C=O) groups is 1. The Labute approximate surface area is 129 Å². The van der Waals surface area contributed by atoms with E-state index in [2.05, 4.69) is 34.1 Å². The molecule has 0 saturated carbocycles. The van der Waals surface area contributed by atoms with Gasteiger partial charge in [-0.25, -0.2) is 9.97 Å². The quantitative estimate of drug-likeness (QED) is 0.669. The molecule has 22 heavy (non-hydrogen) atoms. The summed E-state index contributed by atoms with van der Waals surface area (Å²) < 4.78 is 0. The predicted molar refractivity (Wildman–Crippen MR) is 87.8 cm³/mol. The number of nitrogens with zero attached hydrogens (tertiary/aromatic N) is 3. The van der Waals surface area contributed by atoms with Crippen LogP contribution in [-0.4, -0.2) is 21.8 Å². The minimum absolute atomic E-state index is 0.0171. The molecule has 0 saturated heterocycles. The van der Waals surface area contributed by atoms with Gasteiger partial charge in [0.05, 0.1) is 11.2 Å². The Balaban J connectivity index is 2.13. The number of hydrogen-bond acceptors (Lipinski definition) is 4. The number of aromatic nitrogens is 2. The normalized spacial score (nSPS) is 11.9. The van der Waals surface area contributed by atoms with Gasteiger partial charge in [0.2, 0.25) is 11.9 Å². The summed E-state index contributed by atoms with van der Waals surface area (Å²) in [5.74, 6) is 0.587. The monoisotopic (exact) mass is 299 g/mol. The van der Waals surface area contributed by atoms with Crippen LogP contribution in [0.1, 0.15) is 32.4 Å². The van der Waals surface area contributed by atoms with Gasteiger partial charge >= 0.3 is 0 Å². The summed E-state index contributed by atoms with van der Waals surface area (Å²) in [6.45, 7) is 6.02. The van der Waals surface area contributed by atoms with Gasteiger partial charge < -0.3 is 5.73 Å². The van der Waals surface area contributed by atoms with Crippen molar-refractivity contribution in [3.8, 4) is 0 Å². The average Bonchev–Trinajstić information content (AvgIpc) is 2.45. The maximum absolute atomic E-state index is 11.7. The molecule has 0 aliphatic heterocycles. The molecule has 6 heteroatoms. The van der Waals surface area contributed by atoms with Crippen molar-refractivity contribution in [2.45, 2.75) is 33.6 Å². The molecule has 1 aromatic carbocycles. The van der Waals surface area contributed by atoms with Gasteiger partial charge in [0.1, 0.15) is 0 Å². The van der Waals surface area contributed by atoms with Gasteiger partial charge in [0.25, 0.3) is 5.95 Å². The molecule has 0 aliphatic rings. The van der Waals surface area contributed by atoms with E-state index in [4.69, 9.17) is 5.73 Å². The van der Waals surface area contributed by atoms with E-state index in [1.54, 1.807) is 0 Å². The second kappa shape index (κ2) is 6.98. The van der Waals surface area contributed by atoms with Crippen molar-refractivity contribution in [2.75, 3.05) is 0 Å². The lowest BCUT2D eigenvalue weighted by molar-refractivity contribution is -0.119. The summed E-state index contributed by atoms with van der Waals surface area (Å²) in [5, 5.41) is 3.53. The first-order chi connectivity index (χ1) is 10.5. The summed E-state index contributed by atoms with van der Waals surface area (Å²) in [5.41, 5.74) is 7.37. The van der Waals surface area contributed by atoms with E-state index >= 15 is 0 Å². The van der Waals surface area contributed by atoms with Crippen LogP contribution in [0.2, 0.25) is 0 Å². The van der Waals surface area contributed by atoms with Crippen LogP contribution in [0, 0.1) is 12.8 Å². The van der Waals surface area contributed by atoms with E-state index in [-0.39, 0.29) is 17.8 Å². The highest BCUT2D eigenvalue weighted by atomic mass is 16.1. The van der Waals surface area contributed by atoms with Crippen LogP contribution in [0.15, 0.2) is 29.3 Å². The number of fused-ring (bicyclic) bond motifs is 1. The molecule has 0 radical (unpaired) electrons. The second-order valence-corrected chi connectivity index (χ2v) is 5.60. The molecular weight excluding hydrogens is 278 g/mol. The third-order valence-corrected chi connectivity index (χ3v) is 3.22. The summed E-state index contributed by atoms with van der Waals surface area (Å²) >= 11 is 0. The fourth-order valence-electron chi connectivity index (χ4n) is 2.03. The van der Waals surface area contributed by atoms with Crippen LogP contribution in [0.5, 0.6) is 0 Å². The van der Waals surface area contributed by atoms with E-state index in [0.717, 1.165) is 23.0 Å². The zero-order valence-electron chi connectivity index (χ0n) is 13.1. The standard InChI is InChI=1S/C16H21N5O/c1-10(2)8-9-14(22)20-15(17)21-16-18-11(3)12-6-4-5-7-13(12)19-16/h4-7,10H,8-9H2,1-3H3,(H3,17,18,19,20,21,22). The van der Waals surface area contributed by atoms with E-state index in [1.807, 2.05) is 31.2 Å².